The van der Waals surface area contributed by atoms with E-state index in [1.54, 1.807) is 0 Å². The van der Waals surface area contributed by atoms with Crippen LogP contribution in [0.3, 0.4) is 0 Å². The number of rotatable bonds is 12. The van der Waals surface area contributed by atoms with Crippen molar-refractivity contribution in [2.45, 2.75) is 208 Å². The summed E-state index contributed by atoms with van der Waals surface area (Å²) in [4.78, 5) is 117. The molecule has 0 bridgehead atoms. The lowest BCUT2D eigenvalue weighted by atomic mass is 9.33. The van der Waals surface area contributed by atoms with Crippen LogP contribution < -0.4 is 0 Å². The van der Waals surface area contributed by atoms with E-state index in [1.807, 2.05) is 26.8 Å². The average Bonchev–Trinajstić information content (AvgIpc) is 3.25. The maximum absolute atomic E-state index is 15.1. The Morgan fingerprint density at radius 1 is 0.562 bits per heavy atom. The number of ketones is 1. The van der Waals surface area contributed by atoms with Gasteiger partial charge in [-0.3, -0.25) is 33.6 Å². The van der Waals surface area contributed by atoms with Gasteiger partial charge < -0.3 is 58.0 Å². The molecular formula is C52H72O21. The minimum Gasteiger partial charge on any atom is -0.481 e. The highest BCUT2D eigenvalue weighted by atomic mass is 16.8. The lowest BCUT2D eigenvalue weighted by Gasteiger charge is -2.70. The second kappa shape index (κ2) is 19.6. The number of hydrogen-bond donors (Lipinski definition) is 3. The van der Waals surface area contributed by atoms with Crippen LogP contribution in [0.5, 0.6) is 0 Å². The molecule has 0 spiro atoms. The van der Waals surface area contributed by atoms with E-state index in [4.69, 9.17) is 42.6 Å². The quantitative estimate of drug-likeness (QED) is 0.130. The maximum Gasteiger partial charge on any atom is 0.337 e. The number of carbonyl (C=O) groups excluding carboxylic acids is 6. The van der Waals surface area contributed by atoms with E-state index in [9.17, 15) is 53.7 Å². The number of esters is 5. The molecule has 19 unspecified atom stereocenters. The third kappa shape index (κ3) is 9.68. The molecule has 2 saturated heterocycles. The number of fused-ring (bicyclic) bond motifs is 7. The van der Waals surface area contributed by atoms with E-state index in [0.29, 0.717) is 32.1 Å². The topological polar surface area (TPSA) is 297 Å². The fourth-order valence-corrected chi connectivity index (χ4v) is 14.9. The number of carboxylic acid groups (broad SMARTS) is 3. The van der Waals surface area contributed by atoms with Gasteiger partial charge in [0.25, 0.3) is 0 Å². The molecule has 0 aromatic rings. The van der Waals surface area contributed by atoms with Gasteiger partial charge in [0.2, 0.25) is 6.29 Å². The molecule has 21 nitrogen and oxygen atoms in total. The zero-order chi connectivity index (χ0) is 54.3. The van der Waals surface area contributed by atoms with Crippen molar-refractivity contribution in [2.75, 3.05) is 0 Å². The van der Waals surface area contributed by atoms with Crippen LogP contribution in [0.1, 0.15) is 141 Å². The molecule has 4 saturated carbocycles. The number of allylic oxidation sites excluding steroid dienone is 2. The van der Waals surface area contributed by atoms with E-state index >= 15 is 4.79 Å². The van der Waals surface area contributed by atoms with E-state index in [1.165, 1.54) is 0 Å². The van der Waals surface area contributed by atoms with E-state index in [0.717, 1.165) is 59.5 Å². The fraction of sp³-hybridized carbons (Fsp3) is 0.788. The molecule has 7 aliphatic rings. The Morgan fingerprint density at radius 3 is 1.52 bits per heavy atom. The molecular weight excluding hydrogens is 961 g/mol. The van der Waals surface area contributed by atoms with Crippen molar-refractivity contribution in [3.8, 4) is 0 Å². The largest absolute Gasteiger partial charge is 0.481 e. The molecule has 0 radical (unpaired) electrons. The molecule has 6 fully saturated rings. The van der Waals surface area contributed by atoms with Crippen LogP contribution in [0.4, 0.5) is 0 Å². The van der Waals surface area contributed by atoms with Gasteiger partial charge in [-0.2, -0.15) is 0 Å². The van der Waals surface area contributed by atoms with Crippen LogP contribution in [0.2, 0.25) is 0 Å². The summed E-state index contributed by atoms with van der Waals surface area (Å²) in [5.74, 6) is -10.0. The predicted molar refractivity (Wildman–Crippen MR) is 247 cm³/mol. The van der Waals surface area contributed by atoms with Gasteiger partial charge >= 0.3 is 47.8 Å². The Balaban J connectivity index is 1.27. The van der Waals surface area contributed by atoms with E-state index in [-0.39, 0.29) is 29.5 Å². The van der Waals surface area contributed by atoms with Crippen LogP contribution in [0, 0.1) is 50.2 Å². The van der Waals surface area contributed by atoms with Gasteiger partial charge in [0.15, 0.2) is 60.9 Å². The number of carbonyl (C=O) groups is 9. The third-order valence-electron chi connectivity index (χ3n) is 18.6. The van der Waals surface area contributed by atoms with Crippen LogP contribution >= 0.6 is 0 Å². The highest BCUT2D eigenvalue weighted by Crippen LogP contribution is 2.75. The second-order valence-electron chi connectivity index (χ2n) is 23.5. The van der Waals surface area contributed by atoms with Crippen molar-refractivity contribution in [1.82, 2.24) is 0 Å². The highest BCUT2D eigenvalue weighted by molar-refractivity contribution is 5.96. The Bertz CT molecular complexity index is 2330. The average molecular weight is 1030 g/mol. The molecule has 3 N–H and O–H groups in total. The maximum atomic E-state index is 15.1. The summed E-state index contributed by atoms with van der Waals surface area (Å²) in [6, 6.07) is 0. The van der Waals surface area contributed by atoms with Crippen LogP contribution in [-0.4, -0.2) is 136 Å². The minimum atomic E-state index is -2.16. The lowest BCUT2D eigenvalue weighted by molar-refractivity contribution is -0.372. The van der Waals surface area contributed by atoms with Crippen LogP contribution in [-0.2, 0) is 85.8 Å². The van der Waals surface area contributed by atoms with Crippen molar-refractivity contribution in [3.05, 3.63) is 11.6 Å². The summed E-state index contributed by atoms with van der Waals surface area (Å²) in [6.07, 6.45) is -13.1. The van der Waals surface area contributed by atoms with Gasteiger partial charge in [-0.25, -0.2) is 9.59 Å². The Morgan fingerprint density at radius 2 is 1.03 bits per heavy atom. The van der Waals surface area contributed by atoms with E-state index in [2.05, 4.69) is 27.7 Å². The standard InChI is InChI=1S/C52H72O21/c1-23(53)65-33-35(67-25(3)55)39(69-27(5)57)45(72-38(33)43(61)62)73-40-36(68-26(4)56)34(66-24(2)54)37(42(59)60)71-44(40)70-32-14-15-50(10)31(47(32,6)7)13-16-52(12)41(50)30(58)21-28-29-22-49(9,46(63)64)18-17-48(29,8)19-20-51(28,52)11/h21,29,31-41,44-45H,13-20,22H2,1-12H3,(H,59,60)(H,61,62)(H,63,64). The first-order chi connectivity index (χ1) is 33.7. The number of aliphatic carboxylic acids is 3. The highest BCUT2D eigenvalue weighted by Gasteiger charge is 2.71. The van der Waals surface area contributed by atoms with Gasteiger partial charge in [0, 0.05) is 40.5 Å². The predicted octanol–water partition coefficient (Wildman–Crippen LogP) is 5.10. The van der Waals surface area contributed by atoms with E-state index < -0.39 is 148 Å². The smallest absolute Gasteiger partial charge is 0.337 e. The van der Waals surface area contributed by atoms with Crippen molar-refractivity contribution >= 4 is 53.5 Å². The molecule has 2 aliphatic heterocycles. The third-order valence-corrected chi connectivity index (χ3v) is 18.6. The van der Waals surface area contributed by atoms with Crippen molar-refractivity contribution in [3.63, 3.8) is 0 Å². The van der Waals surface area contributed by atoms with Crippen LogP contribution in [0.25, 0.3) is 0 Å². The van der Waals surface area contributed by atoms with Gasteiger partial charge in [0.1, 0.15) is 0 Å². The van der Waals surface area contributed by atoms with Gasteiger partial charge in [-0.05, 0) is 110 Å². The molecule has 73 heavy (non-hydrogen) atoms. The normalized spacial score (nSPS) is 43.7. The first-order valence-corrected chi connectivity index (χ1v) is 25.2. The minimum absolute atomic E-state index is 0.00999. The van der Waals surface area contributed by atoms with Crippen LogP contribution in [0.15, 0.2) is 11.6 Å². The molecule has 0 aromatic heterocycles. The summed E-state index contributed by atoms with van der Waals surface area (Å²) in [6.45, 7) is 19.5. The molecule has 7 rings (SSSR count). The lowest BCUT2D eigenvalue weighted by Crippen LogP contribution is -2.69. The SMILES string of the molecule is CC(=O)OC1C(OC2C(OC3CCC4(C)C(CCC5(C)C4C(=O)C=C4C6CC(C)(C(=O)O)CCC6(C)CCC45C)C3(C)C)OC(C(=O)O)C(OC(C)=O)C2OC(C)=O)OC(C(=O)O)C(OC(C)=O)C1OC(C)=O. The van der Waals surface area contributed by atoms with Crippen molar-refractivity contribution < 1.29 is 101 Å². The summed E-state index contributed by atoms with van der Waals surface area (Å²) < 4.78 is 52.7. The molecule has 21 heteroatoms. The molecule has 2 heterocycles. The number of hydrogen-bond acceptors (Lipinski definition) is 18. The number of carboxylic acids is 3. The number of ether oxygens (including phenoxy) is 9. The summed E-state index contributed by atoms with van der Waals surface area (Å²) in [5, 5.41) is 31.3. The first-order valence-electron chi connectivity index (χ1n) is 25.2. The van der Waals surface area contributed by atoms with Gasteiger partial charge in [-0.1, -0.05) is 47.1 Å². The molecule has 0 amide bonds. The molecule has 5 aliphatic carbocycles. The summed E-state index contributed by atoms with van der Waals surface area (Å²) in [5.41, 5.74) is -2.36. The second-order valence-corrected chi connectivity index (χ2v) is 23.5. The summed E-state index contributed by atoms with van der Waals surface area (Å²) >= 11 is 0. The zero-order valence-electron chi connectivity index (χ0n) is 43.7. The molecule has 0 aromatic carbocycles. The Hall–Kier alpha value is -4.99. The molecule has 406 valence electrons. The first kappa shape index (κ1) is 55.8. The van der Waals surface area contributed by atoms with Crippen molar-refractivity contribution in [1.29, 1.82) is 0 Å². The Kier molecular flexibility index (Phi) is 15.0. The molecule has 19 atom stereocenters. The van der Waals surface area contributed by atoms with Gasteiger partial charge in [-0.15, -0.1) is 0 Å². The van der Waals surface area contributed by atoms with Gasteiger partial charge in [0.05, 0.1) is 11.5 Å². The Labute approximate surface area is 423 Å². The fourth-order valence-electron chi connectivity index (χ4n) is 14.9. The monoisotopic (exact) mass is 1030 g/mol. The summed E-state index contributed by atoms with van der Waals surface area (Å²) in [7, 11) is 0. The zero-order valence-corrected chi connectivity index (χ0v) is 43.7. The van der Waals surface area contributed by atoms with Crippen molar-refractivity contribution in [2.24, 2.45) is 50.2 Å².